The highest BCUT2D eigenvalue weighted by molar-refractivity contribution is 6.32. The molecule has 4 rings (SSSR count). The Balaban J connectivity index is 1.57. The number of benzene rings is 3. The number of nitrogens with zero attached hydrogens (tertiary/aromatic N) is 2. The number of rotatable bonds is 9. The number of ether oxygens (including phenoxy) is 2. The molecule has 0 bridgehead atoms. The van der Waals surface area contributed by atoms with Crippen LogP contribution in [0.2, 0.25) is 5.02 Å². The van der Waals surface area contributed by atoms with Crippen LogP contribution in [-0.4, -0.2) is 11.3 Å². The number of allylic oxidation sites excluding steroid dienone is 1. The highest BCUT2D eigenvalue weighted by Gasteiger charge is 2.14. The van der Waals surface area contributed by atoms with Gasteiger partial charge in [-0.15, -0.1) is 0 Å². The third-order valence-electron chi connectivity index (χ3n) is 6.35. The van der Waals surface area contributed by atoms with Crippen LogP contribution in [0.3, 0.4) is 0 Å². The van der Waals surface area contributed by atoms with Crippen molar-refractivity contribution >= 4 is 24.0 Å². The van der Waals surface area contributed by atoms with Crippen LogP contribution < -0.4 is 9.47 Å². The number of carbonyl (C=O) groups is 1. The van der Waals surface area contributed by atoms with Gasteiger partial charge in [0.05, 0.1) is 16.1 Å². The van der Waals surface area contributed by atoms with Gasteiger partial charge in [-0.05, 0) is 66.3 Å². The van der Waals surface area contributed by atoms with E-state index in [1.807, 2.05) is 25.1 Å². The van der Waals surface area contributed by atoms with E-state index in [2.05, 4.69) is 55.2 Å². The van der Waals surface area contributed by atoms with E-state index in [0.29, 0.717) is 46.1 Å². The average Bonchev–Trinajstić information content (AvgIpc) is 2.93. The fourth-order valence-electron chi connectivity index (χ4n) is 4.26. The highest BCUT2D eigenvalue weighted by atomic mass is 35.5. The summed E-state index contributed by atoms with van der Waals surface area (Å²) >= 11 is 6.45. The minimum atomic E-state index is 0.136. The SMILES string of the molecule is C/C=C/c1cccc(-c2cccc(COc3cc(OCc4cncc(C#N)c4)c(C=O)cc3Cl)c2C)c1C. The third-order valence-corrected chi connectivity index (χ3v) is 6.65. The van der Waals surface area contributed by atoms with E-state index in [1.54, 1.807) is 18.3 Å². The molecule has 190 valence electrons. The smallest absolute Gasteiger partial charge is 0.153 e. The molecule has 0 saturated carbocycles. The minimum Gasteiger partial charge on any atom is -0.488 e. The summed E-state index contributed by atoms with van der Waals surface area (Å²) in [6.07, 6.45) is 7.93. The maximum Gasteiger partial charge on any atom is 0.153 e. The summed E-state index contributed by atoms with van der Waals surface area (Å²) < 4.78 is 12.0. The summed E-state index contributed by atoms with van der Waals surface area (Å²) in [5.41, 5.74) is 8.33. The molecule has 0 atom stereocenters. The van der Waals surface area contributed by atoms with Gasteiger partial charge in [-0.1, -0.05) is 60.2 Å². The van der Waals surface area contributed by atoms with Crippen LogP contribution in [-0.2, 0) is 13.2 Å². The van der Waals surface area contributed by atoms with Crippen molar-refractivity contribution in [2.75, 3.05) is 0 Å². The number of aromatic nitrogens is 1. The van der Waals surface area contributed by atoms with Crippen molar-refractivity contribution < 1.29 is 14.3 Å². The van der Waals surface area contributed by atoms with Crippen LogP contribution in [0.1, 0.15) is 50.7 Å². The Hall–Kier alpha value is -4.40. The lowest BCUT2D eigenvalue weighted by Crippen LogP contribution is -2.03. The van der Waals surface area contributed by atoms with Gasteiger partial charge in [-0.2, -0.15) is 5.26 Å². The predicted molar refractivity (Wildman–Crippen MR) is 151 cm³/mol. The Labute approximate surface area is 228 Å². The second-order valence-corrected chi connectivity index (χ2v) is 9.23. The number of nitriles is 1. The van der Waals surface area contributed by atoms with Gasteiger partial charge in [0.1, 0.15) is 30.8 Å². The lowest BCUT2D eigenvalue weighted by atomic mass is 9.91. The second kappa shape index (κ2) is 12.2. The molecule has 38 heavy (non-hydrogen) atoms. The summed E-state index contributed by atoms with van der Waals surface area (Å²) in [5, 5.41) is 9.40. The van der Waals surface area contributed by atoms with E-state index in [4.69, 9.17) is 26.3 Å². The molecule has 3 aromatic carbocycles. The maximum atomic E-state index is 11.7. The highest BCUT2D eigenvalue weighted by Crippen LogP contribution is 2.35. The molecule has 0 amide bonds. The molecular formula is C32H27ClN2O3. The average molecular weight is 523 g/mol. The molecule has 1 heterocycles. The van der Waals surface area contributed by atoms with E-state index in [1.165, 1.54) is 29.0 Å². The maximum absolute atomic E-state index is 11.7. The van der Waals surface area contributed by atoms with Crippen molar-refractivity contribution in [3.8, 4) is 28.7 Å². The third kappa shape index (κ3) is 5.94. The van der Waals surface area contributed by atoms with Gasteiger partial charge in [0.25, 0.3) is 0 Å². The first-order chi connectivity index (χ1) is 18.4. The summed E-state index contributed by atoms with van der Waals surface area (Å²) in [7, 11) is 0. The van der Waals surface area contributed by atoms with Crippen LogP contribution in [0.15, 0.2) is 73.1 Å². The largest absolute Gasteiger partial charge is 0.488 e. The number of hydrogen-bond donors (Lipinski definition) is 0. The van der Waals surface area contributed by atoms with E-state index in [-0.39, 0.29) is 6.61 Å². The van der Waals surface area contributed by atoms with Crippen LogP contribution in [0.25, 0.3) is 17.2 Å². The second-order valence-electron chi connectivity index (χ2n) is 8.82. The Morgan fingerprint density at radius 3 is 2.39 bits per heavy atom. The van der Waals surface area contributed by atoms with Gasteiger partial charge >= 0.3 is 0 Å². The molecule has 0 saturated heterocycles. The van der Waals surface area contributed by atoms with Crippen molar-refractivity contribution in [3.05, 3.63) is 117 Å². The van der Waals surface area contributed by atoms with Crippen LogP contribution >= 0.6 is 11.6 Å². The van der Waals surface area contributed by atoms with Crippen molar-refractivity contribution in [1.29, 1.82) is 5.26 Å². The Bertz CT molecular complexity index is 1550. The fraction of sp³-hybridized carbons (Fsp3) is 0.156. The Kier molecular flexibility index (Phi) is 8.58. The molecule has 4 aromatic rings. The van der Waals surface area contributed by atoms with E-state index in [0.717, 1.165) is 16.7 Å². The first-order valence-electron chi connectivity index (χ1n) is 12.1. The van der Waals surface area contributed by atoms with Gasteiger partial charge in [-0.25, -0.2) is 0 Å². The standard InChI is InChI=1S/C32H27ClN2O3/c1-4-7-25-8-5-10-28(21(25)2)29-11-6-9-26(22(29)3)20-38-32-14-31(27(18-36)13-30(32)33)37-19-24-12-23(15-34)16-35-17-24/h4-14,16-18H,19-20H2,1-3H3/b7-4+. The van der Waals surface area contributed by atoms with Crippen molar-refractivity contribution in [2.24, 2.45) is 0 Å². The van der Waals surface area contributed by atoms with Crippen molar-refractivity contribution in [2.45, 2.75) is 34.0 Å². The predicted octanol–water partition coefficient (Wildman–Crippen LogP) is 7.89. The van der Waals surface area contributed by atoms with Gasteiger partial charge in [0, 0.05) is 24.0 Å². The number of pyridine rings is 1. The molecule has 0 fully saturated rings. The quantitative estimate of drug-likeness (QED) is 0.209. The Morgan fingerprint density at radius 2 is 1.66 bits per heavy atom. The normalized spacial score (nSPS) is 10.8. The molecule has 0 aliphatic rings. The molecule has 0 aliphatic heterocycles. The van der Waals surface area contributed by atoms with Gasteiger partial charge < -0.3 is 9.47 Å². The fourth-order valence-corrected chi connectivity index (χ4v) is 4.49. The first kappa shape index (κ1) is 26.7. The zero-order chi connectivity index (χ0) is 27.1. The molecule has 1 aromatic heterocycles. The summed E-state index contributed by atoms with van der Waals surface area (Å²) in [4.78, 5) is 15.7. The zero-order valence-corrected chi connectivity index (χ0v) is 22.3. The van der Waals surface area contributed by atoms with E-state index in [9.17, 15) is 4.79 Å². The number of carbonyl (C=O) groups excluding carboxylic acids is 1. The molecule has 0 radical (unpaired) electrons. The summed E-state index contributed by atoms with van der Waals surface area (Å²) in [5.74, 6) is 0.746. The molecule has 0 unspecified atom stereocenters. The van der Waals surface area contributed by atoms with Gasteiger partial charge in [0.15, 0.2) is 6.29 Å². The van der Waals surface area contributed by atoms with Crippen LogP contribution in [0, 0.1) is 25.2 Å². The molecule has 0 aliphatic carbocycles. The molecule has 5 nitrogen and oxygen atoms in total. The van der Waals surface area contributed by atoms with E-state index < -0.39 is 0 Å². The number of hydrogen-bond acceptors (Lipinski definition) is 5. The number of aldehydes is 1. The topological polar surface area (TPSA) is 72.2 Å². The summed E-state index contributed by atoms with van der Waals surface area (Å²) in [6, 6.07) is 19.4. The van der Waals surface area contributed by atoms with Gasteiger partial charge in [-0.3, -0.25) is 9.78 Å². The molecule has 6 heteroatoms. The zero-order valence-electron chi connectivity index (χ0n) is 21.5. The van der Waals surface area contributed by atoms with Crippen LogP contribution in [0.5, 0.6) is 11.5 Å². The Morgan fingerprint density at radius 1 is 0.921 bits per heavy atom. The first-order valence-corrected chi connectivity index (χ1v) is 12.5. The lowest BCUT2D eigenvalue weighted by molar-refractivity contribution is 0.111. The monoisotopic (exact) mass is 522 g/mol. The molecular weight excluding hydrogens is 496 g/mol. The molecule has 0 N–H and O–H groups in total. The van der Waals surface area contributed by atoms with Crippen molar-refractivity contribution in [3.63, 3.8) is 0 Å². The minimum absolute atomic E-state index is 0.136. The van der Waals surface area contributed by atoms with Crippen molar-refractivity contribution in [1.82, 2.24) is 4.98 Å². The molecule has 0 spiro atoms. The van der Waals surface area contributed by atoms with E-state index >= 15 is 0 Å². The summed E-state index contributed by atoms with van der Waals surface area (Å²) in [6.45, 7) is 6.67. The lowest BCUT2D eigenvalue weighted by Gasteiger charge is -2.17. The van der Waals surface area contributed by atoms with Gasteiger partial charge in [0.2, 0.25) is 0 Å². The number of halogens is 1. The van der Waals surface area contributed by atoms with Crippen LogP contribution in [0.4, 0.5) is 0 Å².